The number of hydrogen-bond acceptors (Lipinski definition) is 5. The Morgan fingerprint density at radius 1 is 1.32 bits per heavy atom. The minimum absolute atomic E-state index is 0.825. The van der Waals surface area contributed by atoms with Crippen LogP contribution in [0.5, 0.6) is 5.75 Å². The summed E-state index contributed by atoms with van der Waals surface area (Å²) >= 11 is 0. The van der Waals surface area contributed by atoms with Crippen LogP contribution in [0.25, 0.3) is 11.3 Å². The summed E-state index contributed by atoms with van der Waals surface area (Å²) in [6.07, 6.45) is 1.83. The zero-order valence-electron chi connectivity index (χ0n) is 14.6. The highest BCUT2D eigenvalue weighted by atomic mass is 16.5. The number of fused-ring (bicyclic) bond motifs is 1. The molecule has 1 aliphatic rings. The van der Waals surface area contributed by atoms with E-state index in [0.29, 0.717) is 0 Å². The first-order valence-electron chi connectivity index (χ1n) is 8.64. The minimum atomic E-state index is 0.825. The molecule has 25 heavy (non-hydrogen) atoms. The van der Waals surface area contributed by atoms with Crippen LogP contribution in [0.4, 0.5) is 0 Å². The van der Waals surface area contributed by atoms with Crippen molar-refractivity contribution in [3.05, 3.63) is 53.0 Å². The highest BCUT2D eigenvalue weighted by Crippen LogP contribution is 2.32. The molecular formula is C19H22N4O2. The SMILES string of the molecule is CCc1cc(CN2CCc3onc(-c4cccc(OC)c4)c3C2)[nH]n1. The Kier molecular flexibility index (Phi) is 4.28. The lowest BCUT2D eigenvalue weighted by Gasteiger charge is -2.25. The van der Waals surface area contributed by atoms with Gasteiger partial charge in [-0.15, -0.1) is 0 Å². The summed E-state index contributed by atoms with van der Waals surface area (Å²) < 4.78 is 10.9. The molecular weight excluding hydrogens is 316 g/mol. The van der Waals surface area contributed by atoms with Crippen molar-refractivity contribution in [2.45, 2.75) is 32.9 Å². The molecule has 3 heterocycles. The molecule has 2 aromatic heterocycles. The van der Waals surface area contributed by atoms with Crippen LogP contribution in [-0.4, -0.2) is 33.9 Å². The lowest BCUT2D eigenvalue weighted by Crippen LogP contribution is -2.29. The lowest BCUT2D eigenvalue weighted by molar-refractivity contribution is 0.226. The van der Waals surface area contributed by atoms with Crippen molar-refractivity contribution >= 4 is 0 Å². The summed E-state index contributed by atoms with van der Waals surface area (Å²) in [5, 5.41) is 11.8. The van der Waals surface area contributed by atoms with Gasteiger partial charge < -0.3 is 9.26 Å². The topological polar surface area (TPSA) is 67.2 Å². The number of hydrogen-bond donors (Lipinski definition) is 1. The smallest absolute Gasteiger partial charge is 0.143 e. The van der Waals surface area contributed by atoms with Crippen LogP contribution >= 0.6 is 0 Å². The van der Waals surface area contributed by atoms with Gasteiger partial charge in [-0.1, -0.05) is 24.2 Å². The summed E-state index contributed by atoms with van der Waals surface area (Å²) in [5.74, 6) is 1.82. The van der Waals surface area contributed by atoms with Gasteiger partial charge in [0.2, 0.25) is 0 Å². The molecule has 0 radical (unpaired) electrons. The maximum atomic E-state index is 5.60. The van der Waals surface area contributed by atoms with Crippen molar-refractivity contribution in [2.24, 2.45) is 0 Å². The number of nitrogens with zero attached hydrogens (tertiary/aromatic N) is 3. The van der Waals surface area contributed by atoms with Gasteiger partial charge in [0.1, 0.15) is 17.2 Å². The van der Waals surface area contributed by atoms with Gasteiger partial charge in [0.05, 0.1) is 12.8 Å². The average molecular weight is 338 g/mol. The van der Waals surface area contributed by atoms with Gasteiger partial charge in [-0.25, -0.2) is 0 Å². The summed E-state index contributed by atoms with van der Waals surface area (Å²) in [6.45, 7) is 4.76. The molecule has 0 saturated carbocycles. The van der Waals surface area contributed by atoms with Crippen molar-refractivity contribution in [1.82, 2.24) is 20.3 Å². The maximum absolute atomic E-state index is 5.60. The molecule has 4 rings (SSSR count). The van der Waals surface area contributed by atoms with Crippen LogP contribution in [0.15, 0.2) is 34.9 Å². The molecule has 0 spiro atoms. The van der Waals surface area contributed by atoms with Crippen LogP contribution in [0.2, 0.25) is 0 Å². The van der Waals surface area contributed by atoms with Crippen molar-refractivity contribution in [3.8, 4) is 17.0 Å². The Balaban J connectivity index is 1.56. The average Bonchev–Trinajstić information content (AvgIpc) is 3.28. The quantitative estimate of drug-likeness (QED) is 0.774. The molecule has 6 nitrogen and oxygen atoms in total. The molecule has 0 atom stereocenters. The molecule has 1 aliphatic heterocycles. The first kappa shape index (κ1) is 15.9. The minimum Gasteiger partial charge on any atom is -0.497 e. The van der Waals surface area contributed by atoms with Crippen molar-refractivity contribution in [1.29, 1.82) is 0 Å². The number of methoxy groups -OCH3 is 1. The summed E-state index contributed by atoms with van der Waals surface area (Å²) in [4.78, 5) is 2.40. The molecule has 3 aromatic rings. The Hall–Kier alpha value is -2.60. The van der Waals surface area contributed by atoms with Gasteiger partial charge in [-0.3, -0.25) is 10.00 Å². The molecule has 0 unspecified atom stereocenters. The van der Waals surface area contributed by atoms with Gasteiger partial charge in [-0.05, 0) is 24.6 Å². The van der Waals surface area contributed by atoms with E-state index in [1.165, 1.54) is 5.56 Å². The normalized spacial score (nSPS) is 14.5. The first-order chi connectivity index (χ1) is 12.3. The number of H-pyrrole nitrogens is 1. The summed E-state index contributed by atoms with van der Waals surface area (Å²) in [6, 6.07) is 10.1. The second kappa shape index (κ2) is 6.72. The number of aryl methyl sites for hydroxylation is 1. The van der Waals surface area contributed by atoms with Gasteiger partial charge in [0.25, 0.3) is 0 Å². The van der Waals surface area contributed by atoms with Gasteiger partial charge in [0, 0.05) is 42.9 Å². The molecule has 130 valence electrons. The van der Waals surface area contributed by atoms with Crippen LogP contribution < -0.4 is 4.74 Å². The van der Waals surface area contributed by atoms with Crippen LogP contribution in [0, 0.1) is 0 Å². The fourth-order valence-electron chi connectivity index (χ4n) is 3.31. The molecule has 0 fully saturated rings. The molecule has 0 saturated heterocycles. The number of benzene rings is 1. The van der Waals surface area contributed by atoms with E-state index < -0.39 is 0 Å². The van der Waals surface area contributed by atoms with E-state index in [1.54, 1.807) is 7.11 Å². The third-order valence-corrected chi connectivity index (χ3v) is 4.69. The lowest BCUT2D eigenvalue weighted by atomic mass is 10.0. The molecule has 0 bridgehead atoms. The molecule has 6 heteroatoms. The van der Waals surface area contributed by atoms with Gasteiger partial charge in [0.15, 0.2) is 0 Å². The van der Waals surface area contributed by atoms with Crippen LogP contribution in [-0.2, 0) is 25.9 Å². The predicted octanol–water partition coefficient (Wildman–Crippen LogP) is 3.19. The molecule has 1 aromatic carbocycles. The maximum Gasteiger partial charge on any atom is 0.143 e. The van der Waals surface area contributed by atoms with Gasteiger partial charge in [-0.2, -0.15) is 5.10 Å². The fourth-order valence-corrected chi connectivity index (χ4v) is 3.31. The monoisotopic (exact) mass is 338 g/mol. The fraction of sp³-hybridized carbons (Fsp3) is 0.368. The van der Waals surface area contributed by atoms with E-state index in [9.17, 15) is 0 Å². The van der Waals surface area contributed by atoms with Crippen LogP contribution in [0.3, 0.4) is 0 Å². The van der Waals surface area contributed by atoms with Crippen molar-refractivity contribution in [3.63, 3.8) is 0 Å². The molecule has 0 amide bonds. The number of rotatable bonds is 5. The van der Waals surface area contributed by atoms with Gasteiger partial charge >= 0.3 is 0 Å². The largest absolute Gasteiger partial charge is 0.497 e. The highest BCUT2D eigenvalue weighted by Gasteiger charge is 2.25. The highest BCUT2D eigenvalue weighted by molar-refractivity contribution is 5.65. The summed E-state index contributed by atoms with van der Waals surface area (Å²) in [7, 11) is 1.67. The van der Waals surface area contributed by atoms with E-state index in [2.05, 4.69) is 33.2 Å². The Bertz CT molecular complexity index is 868. The van der Waals surface area contributed by atoms with Crippen molar-refractivity contribution < 1.29 is 9.26 Å². The van der Waals surface area contributed by atoms with Crippen LogP contribution in [0.1, 0.15) is 29.6 Å². The van der Waals surface area contributed by atoms with E-state index in [4.69, 9.17) is 9.26 Å². The third-order valence-electron chi connectivity index (χ3n) is 4.69. The Morgan fingerprint density at radius 3 is 3.04 bits per heavy atom. The van der Waals surface area contributed by atoms with E-state index in [1.807, 2.05) is 24.3 Å². The second-order valence-electron chi connectivity index (χ2n) is 6.36. The van der Waals surface area contributed by atoms with E-state index >= 15 is 0 Å². The number of aromatic amines is 1. The Labute approximate surface area is 146 Å². The van der Waals surface area contributed by atoms with E-state index in [0.717, 1.165) is 66.6 Å². The zero-order valence-corrected chi connectivity index (χ0v) is 14.6. The molecule has 1 N–H and O–H groups in total. The Morgan fingerprint density at radius 2 is 2.24 bits per heavy atom. The third kappa shape index (κ3) is 3.17. The standard InChI is InChI=1S/C19H22N4O2/c1-3-14-10-15(21-20-14)11-23-8-7-18-17(12-23)19(22-25-18)13-5-4-6-16(9-13)24-2/h4-6,9-10H,3,7-8,11-12H2,1-2H3,(H,20,21). The first-order valence-corrected chi connectivity index (χ1v) is 8.64. The molecule has 0 aliphatic carbocycles. The number of aromatic nitrogens is 3. The van der Waals surface area contributed by atoms with E-state index in [-0.39, 0.29) is 0 Å². The number of nitrogens with one attached hydrogen (secondary N) is 1. The second-order valence-corrected chi connectivity index (χ2v) is 6.36. The predicted molar refractivity (Wildman–Crippen MR) is 94.3 cm³/mol. The zero-order chi connectivity index (χ0) is 17.2. The van der Waals surface area contributed by atoms with Crippen molar-refractivity contribution in [2.75, 3.05) is 13.7 Å². The summed E-state index contributed by atoms with van der Waals surface area (Å²) in [5.41, 5.74) is 5.38. The number of ether oxygens (including phenoxy) is 1.